The summed E-state index contributed by atoms with van der Waals surface area (Å²) in [6.07, 6.45) is 4.57. The largest absolute Gasteiger partial charge is 0.468 e. The molecule has 0 N–H and O–H groups in total. The zero-order chi connectivity index (χ0) is 55.3. The molecule has 0 spiro atoms. The fourth-order valence-electron chi connectivity index (χ4n) is 14.0. The SMILES string of the molecule is CC(C)(C)c1ccc(N2c3cc(N(c4ccccc4)c4ccc(-c5ccccc5)cc4)cc4c3B(c3cc5c(cc3N4c3ccc4c(c3)C(C)(C)CCC4(C)C)C(C)(C)CCC5(C)C)c3oc4ccc(C(C)(C)C)cc4c32)cc1. The lowest BCUT2D eigenvalue weighted by molar-refractivity contribution is 0.332. The Morgan fingerprint density at radius 3 is 1.54 bits per heavy atom. The molecule has 0 saturated heterocycles. The van der Waals surface area contributed by atoms with E-state index in [1.54, 1.807) is 0 Å². The lowest BCUT2D eigenvalue weighted by Gasteiger charge is -2.47. The standard InChI is InChI=1S/C74H78BN3O/c1-69(2,3)49-27-32-53(33-28-49)78-64-44-55(76(51-23-19-16-20-24-51)52-30-25-48(26-31-52)47-21-17-15-18-22-47)43-63-66(64)75(68-67(78)56-41-50(70(4,5)6)29-36-65(56)79-68)61-45-59-60(74(13,14)40-39-73(59,11)12)46-62(61)77(63)54-34-35-57-58(42-54)72(9,10)38-37-71(57,7)8/h15-36,41-46H,37-40H2,1-14H3. The molecular weight excluding hydrogens is 958 g/mol. The van der Waals surface area contributed by atoms with Gasteiger partial charge in [-0.05, 0) is 192 Å². The molecule has 0 saturated carbocycles. The molecule has 4 aliphatic rings. The molecular formula is C74H78BN3O. The predicted molar refractivity (Wildman–Crippen MR) is 338 cm³/mol. The molecule has 0 bridgehead atoms. The summed E-state index contributed by atoms with van der Waals surface area (Å²) in [6, 6.07) is 65.1. The average Bonchev–Trinajstić information content (AvgIpc) is 2.83. The third-order valence-electron chi connectivity index (χ3n) is 19.1. The van der Waals surface area contributed by atoms with Crippen LogP contribution in [-0.4, -0.2) is 6.71 Å². The van der Waals surface area contributed by atoms with Crippen LogP contribution in [0.4, 0.5) is 51.2 Å². The van der Waals surface area contributed by atoms with Crippen molar-refractivity contribution in [1.82, 2.24) is 0 Å². The van der Waals surface area contributed by atoms with E-state index < -0.39 is 0 Å². The second-order valence-electron chi connectivity index (χ2n) is 28.4. The van der Waals surface area contributed by atoms with Gasteiger partial charge in [-0.15, -0.1) is 0 Å². The van der Waals surface area contributed by atoms with Gasteiger partial charge in [0.2, 0.25) is 0 Å². The minimum atomic E-state index is -0.203. The molecule has 5 heteroatoms. The van der Waals surface area contributed by atoms with Gasteiger partial charge in [-0.3, -0.25) is 0 Å². The van der Waals surface area contributed by atoms with Gasteiger partial charge in [0.15, 0.2) is 0 Å². The Morgan fingerprint density at radius 2 is 0.937 bits per heavy atom. The summed E-state index contributed by atoms with van der Waals surface area (Å²) >= 11 is 0. The molecule has 0 amide bonds. The van der Waals surface area contributed by atoms with Gasteiger partial charge in [-0.1, -0.05) is 188 Å². The molecule has 2 aliphatic carbocycles. The first kappa shape index (κ1) is 51.2. The van der Waals surface area contributed by atoms with Gasteiger partial charge < -0.3 is 19.1 Å². The lowest BCUT2D eigenvalue weighted by atomic mass is 9.35. The van der Waals surface area contributed by atoms with E-state index in [0.717, 1.165) is 70.0 Å². The minimum absolute atomic E-state index is 0.00623. The molecule has 0 unspecified atom stereocenters. The number of anilines is 9. The Labute approximate surface area is 471 Å². The van der Waals surface area contributed by atoms with Crippen molar-refractivity contribution in [2.75, 3.05) is 14.7 Å². The maximum Gasteiger partial charge on any atom is 0.297 e. The number of benzene rings is 8. The molecule has 79 heavy (non-hydrogen) atoms. The van der Waals surface area contributed by atoms with Crippen LogP contribution in [0.25, 0.3) is 22.1 Å². The van der Waals surface area contributed by atoms with Crippen LogP contribution in [0.2, 0.25) is 0 Å². The molecule has 0 fully saturated rings. The average molecular weight is 1040 g/mol. The highest BCUT2D eigenvalue weighted by Crippen LogP contribution is 2.55. The molecule has 398 valence electrons. The first-order valence-corrected chi connectivity index (χ1v) is 29.2. The topological polar surface area (TPSA) is 22.9 Å². The number of furan rings is 1. The summed E-state index contributed by atoms with van der Waals surface area (Å²) in [4.78, 5) is 7.73. The molecule has 3 heterocycles. The van der Waals surface area contributed by atoms with Crippen molar-refractivity contribution < 1.29 is 4.42 Å². The van der Waals surface area contributed by atoms with Crippen LogP contribution in [-0.2, 0) is 32.5 Å². The number of hydrogen-bond donors (Lipinski definition) is 0. The van der Waals surface area contributed by atoms with Gasteiger partial charge in [-0.2, -0.15) is 0 Å². The number of fused-ring (bicyclic) bond motifs is 8. The van der Waals surface area contributed by atoms with E-state index in [9.17, 15) is 0 Å². The molecule has 13 rings (SSSR count). The highest BCUT2D eigenvalue weighted by Gasteiger charge is 2.50. The highest BCUT2D eigenvalue weighted by molar-refractivity contribution is 7.00. The van der Waals surface area contributed by atoms with Gasteiger partial charge in [0.05, 0.1) is 17.0 Å². The highest BCUT2D eigenvalue weighted by atomic mass is 16.3. The van der Waals surface area contributed by atoms with Crippen LogP contribution in [0, 0.1) is 0 Å². The summed E-state index contributed by atoms with van der Waals surface area (Å²) in [5.74, 6) is 0. The smallest absolute Gasteiger partial charge is 0.297 e. The van der Waals surface area contributed by atoms with E-state index in [-0.39, 0.29) is 39.2 Å². The van der Waals surface area contributed by atoms with E-state index in [1.807, 2.05) is 0 Å². The Balaban J connectivity index is 1.18. The first-order chi connectivity index (χ1) is 37.4. The Bertz CT molecular complexity index is 3870. The van der Waals surface area contributed by atoms with E-state index in [1.165, 1.54) is 78.9 Å². The van der Waals surface area contributed by atoms with Crippen molar-refractivity contribution in [3.05, 3.63) is 203 Å². The Hall–Kier alpha value is -7.24. The Kier molecular flexibility index (Phi) is 11.4. The monoisotopic (exact) mass is 1040 g/mol. The van der Waals surface area contributed by atoms with Crippen molar-refractivity contribution in [3.8, 4) is 11.1 Å². The third-order valence-corrected chi connectivity index (χ3v) is 19.1. The molecule has 9 aromatic rings. The van der Waals surface area contributed by atoms with Gasteiger partial charge >= 0.3 is 0 Å². The zero-order valence-electron chi connectivity index (χ0n) is 49.3. The van der Waals surface area contributed by atoms with Crippen LogP contribution >= 0.6 is 0 Å². The van der Waals surface area contributed by atoms with E-state index >= 15 is 0 Å². The number of rotatable bonds is 6. The van der Waals surface area contributed by atoms with Gasteiger partial charge in [-0.25, -0.2) is 0 Å². The van der Waals surface area contributed by atoms with Gasteiger partial charge in [0.1, 0.15) is 5.58 Å². The van der Waals surface area contributed by atoms with Crippen molar-refractivity contribution in [3.63, 3.8) is 0 Å². The molecule has 0 radical (unpaired) electrons. The zero-order valence-corrected chi connectivity index (χ0v) is 49.3. The van der Waals surface area contributed by atoms with Crippen LogP contribution in [0.5, 0.6) is 0 Å². The molecule has 2 aliphatic heterocycles. The molecule has 8 aromatic carbocycles. The predicted octanol–water partition coefficient (Wildman–Crippen LogP) is 18.9. The first-order valence-electron chi connectivity index (χ1n) is 29.2. The summed E-state index contributed by atoms with van der Waals surface area (Å²) in [7, 11) is 0. The second kappa shape index (κ2) is 17.6. The third kappa shape index (κ3) is 8.30. The summed E-state index contributed by atoms with van der Waals surface area (Å²) in [6.45, 7) is 33.4. The maximum absolute atomic E-state index is 7.59. The molecule has 1 aromatic heterocycles. The summed E-state index contributed by atoms with van der Waals surface area (Å²) in [5, 5.41) is 1.14. The van der Waals surface area contributed by atoms with Crippen LogP contribution in [0.1, 0.15) is 156 Å². The van der Waals surface area contributed by atoms with E-state index in [0.29, 0.717) is 0 Å². The number of nitrogens with zero attached hydrogens (tertiary/aromatic N) is 3. The fourth-order valence-corrected chi connectivity index (χ4v) is 14.0. The van der Waals surface area contributed by atoms with Crippen LogP contribution in [0.15, 0.2) is 174 Å². The van der Waals surface area contributed by atoms with Crippen molar-refractivity contribution in [1.29, 1.82) is 0 Å². The van der Waals surface area contributed by atoms with E-state index in [2.05, 4.69) is 281 Å². The normalized spacial score (nSPS) is 17.4. The number of para-hydroxylation sites is 1. The fraction of sp³-hybridized carbons (Fsp3) is 0.324. The Morgan fingerprint density at radius 1 is 0.430 bits per heavy atom. The van der Waals surface area contributed by atoms with Crippen LogP contribution < -0.4 is 31.3 Å². The lowest BCUT2D eigenvalue weighted by Crippen LogP contribution is -2.61. The van der Waals surface area contributed by atoms with Crippen LogP contribution in [0.3, 0.4) is 0 Å². The molecule has 0 atom stereocenters. The summed E-state index contributed by atoms with van der Waals surface area (Å²) < 4.78 is 7.59. The van der Waals surface area contributed by atoms with Crippen molar-refractivity contribution in [2.45, 2.75) is 155 Å². The van der Waals surface area contributed by atoms with E-state index in [4.69, 9.17) is 4.42 Å². The van der Waals surface area contributed by atoms with Crippen molar-refractivity contribution >= 4 is 85.5 Å². The van der Waals surface area contributed by atoms with Crippen molar-refractivity contribution in [2.24, 2.45) is 0 Å². The minimum Gasteiger partial charge on any atom is -0.468 e. The number of hydrogen-bond acceptors (Lipinski definition) is 4. The van der Waals surface area contributed by atoms with Gasteiger partial charge in [0, 0.05) is 45.2 Å². The van der Waals surface area contributed by atoms with Gasteiger partial charge in [0.25, 0.3) is 6.71 Å². The second-order valence-corrected chi connectivity index (χ2v) is 28.4. The quantitative estimate of drug-likeness (QED) is 0.155. The summed E-state index contributed by atoms with van der Waals surface area (Å²) in [5.41, 5.74) is 25.5. The maximum atomic E-state index is 7.59. The molecule has 4 nitrogen and oxygen atoms in total.